The van der Waals surface area contributed by atoms with E-state index in [4.69, 9.17) is 5.11 Å². The van der Waals surface area contributed by atoms with Crippen molar-refractivity contribution in [2.45, 2.75) is 19.8 Å². The third kappa shape index (κ3) is 3.98. The lowest BCUT2D eigenvalue weighted by molar-refractivity contribution is 0.334. The first kappa shape index (κ1) is 8.44. The van der Waals surface area contributed by atoms with E-state index in [0.717, 1.165) is 18.4 Å². The van der Waals surface area contributed by atoms with Crippen molar-refractivity contribution in [3.8, 4) is 0 Å². The average molecular weight is 126 g/mol. The van der Waals surface area contributed by atoms with E-state index in [-0.39, 0.29) is 6.61 Å². The molecule has 1 heteroatoms. The van der Waals surface area contributed by atoms with Gasteiger partial charge in [-0.15, -0.1) is 0 Å². The normalized spacial score (nSPS) is 11.6. The molecule has 0 radical (unpaired) electrons. The highest BCUT2D eigenvalue weighted by Gasteiger charge is 1.84. The highest BCUT2D eigenvalue weighted by molar-refractivity contribution is 5.15. The Balaban J connectivity index is 3.61. The average Bonchev–Trinajstić information content (AvgIpc) is 1.91. The van der Waals surface area contributed by atoms with Crippen LogP contribution in [0.4, 0.5) is 0 Å². The molecular formula is C8H14O. The number of aliphatic hydroxyl groups is 1. The molecule has 0 aliphatic heterocycles. The summed E-state index contributed by atoms with van der Waals surface area (Å²) in [4.78, 5) is 0. The number of rotatable bonds is 4. The fourth-order valence-electron chi connectivity index (χ4n) is 0.542. The van der Waals surface area contributed by atoms with Crippen LogP contribution >= 0.6 is 0 Å². The van der Waals surface area contributed by atoms with Gasteiger partial charge in [0.2, 0.25) is 0 Å². The minimum atomic E-state index is 0.115. The topological polar surface area (TPSA) is 20.2 Å². The third-order valence-electron chi connectivity index (χ3n) is 1.14. The molecule has 0 spiro atoms. The molecule has 0 aromatic carbocycles. The molecule has 0 bridgehead atoms. The van der Waals surface area contributed by atoms with Crippen LogP contribution in [-0.2, 0) is 0 Å². The van der Waals surface area contributed by atoms with Crippen molar-refractivity contribution in [3.05, 3.63) is 24.3 Å². The number of unbranched alkanes of at least 4 members (excludes halogenated alkanes) is 1. The minimum absolute atomic E-state index is 0.115. The van der Waals surface area contributed by atoms with Gasteiger partial charge in [0.25, 0.3) is 0 Å². The van der Waals surface area contributed by atoms with E-state index in [0.29, 0.717) is 0 Å². The van der Waals surface area contributed by atoms with E-state index in [1.807, 2.05) is 6.08 Å². The summed E-state index contributed by atoms with van der Waals surface area (Å²) in [6.07, 6.45) is 5.85. The van der Waals surface area contributed by atoms with Crippen LogP contribution in [0.3, 0.4) is 0 Å². The maximum absolute atomic E-state index is 8.61. The molecule has 0 rings (SSSR count). The molecule has 0 unspecified atom stereocenters. The molecule has 52 valence electrons. The number of aliphatic hydroxyl groups excluding tert-OH is 1. The van der Waals surface area contributed by atoms with Crippen LogP contribution in [0.15, 0.2) is 24.3 Å². The van der Waals surface area contributed by atoms with Crippen LogP contribution in [-0.4, -0.2) is 11.7 Å². The SMILES string of the molecule is C=CC(=CCCC)CO. The molecule has 0 aliphatic carbocycles. The highest BCUT2D eigenvalue weighted by Crippen LogP contribution is 1.97. The number of allylic oxidation sites excluding steroid dienone is 1. The molecule has 1 N–H and O–H groups in total. The summed E-state index contributed by atoms with van der Waals surface area (Å²) < 4.78 is 0. The van der Waals surface area contributed by atoms with Gasteiger partial charge in [-0.3, -0.25) is 0 Å². The van der Waals surface area contributed by atoms with E-state index < -0.39 is 0 Å². The van der Waals surface area contributed by atoms with Gasteiger partial charge in [-0.05, 0) is 12.0 Å². The van der Waals surface area contributed by atoms with Gasteiger partial charge in [0.1, 0.15) is 0 Å². The van der Waals surface area contributed by atoms with Crippen LogP contribution in [0.5, 0.6) is 0 Å². The zero-order chi connectivity index (χ0) is 7.11. The van der Waals surface area contributed by atoms with Gasteiger partial charge in [0, 0.05) is 0 Å². The second-order valence-electron chi connectivity index (χ2n) is 1.93. The Bertz CT molecular complexity index is 103. The summed E-state index contributed by atoms with van der Waals surface area (Å²) in [7, 11) is 0. The van der Waals surface area contributed by atoms with Crippen molar-refractivity contribution in [2.24, 2.45) is 0 Å². The van der Waals surface area contributed by atoms with Crippen molar-refractivity contribution in [2.75, 3.05) is 6.61 Å². The largest absolute Gasteiger partial charge is 0.392 e. The molecule has 1 nitrogen and oxygen atoms in total. The molecule has 9 heavy (non-hydrogen) atoms. The van der Waals surface area contributed by atoms with Crippen molar-refractivity contribution in [1.82, 2.24) is 0 Å². The monoisotopic (exact) mass is 126 g/mol. The fourth-order valence-corrected chi connectivity index (χ4v) is 0.542. The molecule has 0 atom stereocenters. The molecular weight excluding hydrogens is 112 g/mol. The predicted molar refractivity (Wildman–Crippen MR) is 40.3 cm³/mol. The molecule has 0 aromatic heterocycles. The first-order valence-corrected chi connectivity index (χ1v) is 3.27. The lowest BCUT2D eigenvalue weighted by Crippen LogP contribution is -1.84. The van der Waals surface area contributed by atoms with Crippen LogP contribution in [0.25, 0.3) is 0 Å². The third-order valence-corrected chi connectivity index (χ3v) is 1.14. The second-order valence-corrected chi connectivity index (χ2v) is 1.93. The zero-order valence-electron chi connectivity index (χ0n) is 5.93. The lowest BCUT2D eigenvalue weighted by atomic mass is 10.2. The number of hydrogen-bond donors (Lipinski definition) is 1. The highest BCUT2D eigenvalue weighted by atomic mass is 16.3. The van der Waals surface area contributed by atoms with Crippen LogP contribution < -0.4 is 0 Å². The summed E-state index contributed by atoms with van der Waals surface area (Å²) in [5.74, 6) is 0. The molecule has 0 aliphatic rings. The van der Waals surface area contributed by atoms with Gasteiger partial charge in [-0.2, -0.15) is 0 Å². The molecule has 0 aromatic rings. The summed E-state index contributed by atoms with van der Waals surface area (Å²) >= 11 is 0. The minimum Gasteiger partial charge on any atom is -0.392 e. The van der Waals surface area contributed by atoms with E-state index in [1.165, 1.54) is 0 Å². The van der Waals surface area contributed by atoms with Gasteiger partial charge in [-0.25, -0.2) is 0 Å². The van der Waals surface area contributed by atoms with Gasteiger partial charge in [0.05, 0.1) is 6.61 Å². The van der Waals surface area contributed by atoms with Gasteiger partial charge >= 0.3 is 0 Å². The van der Waals surface area contributed by atoms with Gasteiger partial charge in [0.15, 0.2) is 0 Å². The quantitative estimate of drug-likeness (QED) is 0.570. The fraction of sp³-hybridized carbons (Fsp3) is 0.500. The smallest absolute Gasteiger partial charge is 0.0678 e. The number of hydrogen-bond acceptors (Lipinski definition) is 1. The van der Waals surface area contributed by atoms with E-state index in [9.17, 15) is 0 Å². The van der Waals surface area contributed by atoms with Gasteiger partial charge < -0.3 is 5.11 Å². The molecule has 0 saturated carbocycles. The molecule has 0 fully saturated rings. The Morgan fingerprint density at radius 1 is 1.67 bits per heavy atom. The van der Waals surface area contributed by atoms with Crippen molar-refractivity contribution in [1.29, 1.82) is 0 Å². The maximum Gasteiger partial charge on any atom is 0.0678 e. The molecule has 0 saturated heterocycles. The van der Waals surface area contributed by atoms with E-state index in [2.05, 4.69) is 13.5 Å². The standard InChI is InChI=1S/C8H14O/c1-3-5-6-8(4-2)7-9/h4,6,9H,2-3,5,7H2,1H3. The summed E-state index contributed by atoms with van der Waals surface area (Å²) in [5.41, 5.74) is 0.928. The first-order valence-electron chi connectivity index (χ1n) is 3.27. The Kier molecular flexibility index (Phi) is 5.23. The second kappa shape index (κ2) is 5.57. The molecule has 0 heterocycles. The Morgan fingerprint density at radius 2 is 2.33 bits per heavy atom. The predicted octanol–water partition coefficient (Wildman–Crippen LogP) is 1.89. The Morgan fingerprint density at radius 3 is 2.67 bits per heavy atom. The lowest BCUT2D eigenvalue weighted by Gasteiger charge is -1.92. The van der Waals surface area contributed by atoms with E-state index >= 15 is 0 Å². The summed E-state index contributed by atoms with van der Waals surface area (Å²) in [6, 6.07) is 0. The Hall–Kier alpha value is -0.560. The van der Waals surface area contributed by atoms with Crippen LogP contribution in [0.2, 0.25) is 0 Å². The summed E-state index contributed by atoms with van der Waals surface area (Å²) in [6.45, 7) is 5.78. The molecule has 0 amide bonds. The van der Waals surface area contributed by atoms with Crippen LogP contribution in [0, 0.1) is 0 Å². The van der Waals surface area contributed by atoms with Crippen molar-refractivity contribution < 1.29 is 5.11 Å². The van der Waals surface area contributed by atoms with E-state index in [1.54, 1.807) is 6.08 Å². The maximum atomic E-state index is 8.61. The van der Waals surface area contributed by atoms with Gasteiger partial charge in [-0.1, -0.05) is 32.1 Å². The van der Waals surface area contributed by atoms with Crippen molar-refractivity contribution >= 4 is 0 Å². The van der Waals surface area contributed by atoms with Crippen molar-refractivity contribution in [3.63, 3.8) is 0 Å². The summed E-state index contributed by atoms with van der Waals surface area (Å²) in [5, 5.41) is 8.61. The van der Waals surface area contributed by atoms with Crippen LogP contribution in [0.1, 0.15) is 19.8 Å². The zero-order valence-corrected chi connectivity index (χ0v) is 5.93. The first-order chi connectivity index (χ1) is 4.35. The Labute approximate surface area is 56.7 Å².